The Morgan fingerprint density at radius 1 is 1.30 bits per heavy atom. The fraction of sp³-hybridized carbons (Fsp3) is 0.833. The number of hydrogen-bond donors (Lipinski definition) is 1. The summed E-state index contributed by atoms with van der Waals surface area (Å²) in [5.74, 6) is -0.940. The third-order valence-corrected chi connectivity index (χ3v) is 0.828. The Balaban J connectivity index is 3.77. The van der Waals surface area contributed by atoms with Crippen LogP contribution in [0.15, 0.2) is 10.2 Å². The molecule has 0 bridgehead atoms. The number of aliphatic carboxylic acids is 1. The molecule has 0 amide bonds. The zero-order chi connectivity index (χ0) is 8.15. The van der Waals surface area contributed by atoms with Gasteiger partial charge in [-0.25, -0.2) is 4.79 Å². The number of hydrogen-bond acceptors (Lipinski definition) is 3. The molecule has 1 atom stereocenters. The highest BCUT2D eigenvalue weighted by molar-refractivity contribution is 5.72. The second-order valence-electron chi connectivity index (χ2n) is 2.34. The molecule has 4 heteroatoms. The highest BCUT2D eigenvalue weighted by Crippen LogP contribution is 1.94. The Kier molecular flexibility index (Phi) is 3.61. The van der Waals surface area contributed by atoms with E-state index in [1.807, 2.05) is 13.8 Å². The summed E-state index contributed by atoms with van der Waals surface area (Å²) in [6.45, 7) is 5.18. The molecule has 0 saturated carbocycles. The molecule has 1 N–H and O–H groups in total. The third kappa shape index (κ3) is 4.00. The van der Waals surface area contributed by atoms with Crippen LogP contribution in [0.1, 0.15) is 20.8 Å². The van der Waals surface area contributed by atoms with Crippen LogP contribution >= 0.6 is 0 Å². The van der Waals surface area contributed by atoms with Gasteiger partial charge in [-0.05, 0) is 20.8 Å². The van der Waals surface area contributed by atoms with Crippen molar-refractivity contribution in [2.75, 3.05) is 0 Å². The topological polar surface area (TPSA) is 62.0 Å². The Bertz CT molecular complexity index is 143. The van der Waals surface area contributed by atoms with E-state index in [-0.39, 0.29) is 6.04 Å². The van der Waals surface area contributed by atoms with E-state index in [0.29, 0.717) is 0 Å². The molecule has 0 heterocycles. The minimum absolute atomic E-state index is 0.0711. The average molecular weight is 144 g/mol. The van der Waals surface area contributed by atoms with Crippen LogP contribution < -0.4 is 0 Å². The molecule has 1 unspecified atom stereocenters. The normalized spacial score (nSPS) is 14.4. The van der Waals surface area contributed by atoms with Crippen LogP contribution in [0.2, 0.25) is 0 Å². The van der Waals surface area contributed by atoms with Crippen molar-refractivity contribution in [3.05, 3.63) is 0 Å². The van der Waals surface area contributed by atoms with Gasteiger partial charge >= 0.3 is 5.97 Å². The molecule has 0 spiro atoms. The summed E-state index contributed by atoms with van der Waals surface area (Å²) in [6.07, 6.45) is 0. The van der Waals surface area contributed by atoms with E-state index in [1.165, 1.54) is 6.92 Å². The Hall–Kier alpha value is -0.930. The van der Waals surface area contributed by atoms with Gasteiger partial charge in [-0.15, -0.1) is 0 Å². The van der Waals surface area contributed by atoms with Crippen molar-refractivity contribution in [2.24, 2.45) is 10.2 Å². The molecule has 0 saturated heterocycles. The fourth-order valence-electron chi connectivity index (χ4n) is 0.283. The van der Waals surface area contributed by atoms with Crippen molar-refractivity contribution in [1.82, 2.24) is 0 Å². The van der Waals surface area contributed by atoms with E-state index < -0.39 is 12.0 Å². The molecule has 4 nitrogen and oxygen atoms in total. The summed E-state index contributed by atoms with van der Waals surface area (Å²) in [4.78, 5) is 10.2. The summed E-state index contributed by atoms with van der Waals surface area (Å²) in [6, 6.07) is -0.649. The fourth-order valence-corrected chi connectivity index (χ4v) is 0.283. The SMILES string of the molecule is CC(C)N=NC(C)C(=O)O. The van der Waals surface area contributed by atoms with Crippen LogP contribution in [0.4, 0.5) is 0 Å². The van der Waals surface area contributed by atoms with Gasteiger partial charge in [0.2, 0.25) is 0 Å². The van der Waals surface area contributed by atoms with Gasteiger partial charge in [-0.2, -0.15) is 10.2 Å². The van der Waals surface area contributed by atoms with Gasteiger partial charge in [0.15, 0.2) is 6.04 Å². The van der Waals surface area contributed by atoms with Crippen LogP contribution in [-0.2, 0) is 4.79 Å². The molecule has 58 valence electrons. The Morgan fingerprint density at radius 3 is 2.10 bits per heavy atom. The lowest BCUT2D eigenvalue weighted by Crippen LogP contribution is -2.12. The van der Waals surface area contributed by atoms with E-state index in [9.17, 15) is 4.79 Å². The predicted molar refractivity (Wildman–Crippen MR) is 37.1 cm³/mol. The molecular weight excluding hydrogens is 132 g/mol. The van der Waals surface area contributed by atoms with Gasteiger partial charge < -0.3 is 5.11 Å². The smallest absolute Gasteiger partial charge is 0.330 e. The maximum Gasteiger partial charge on any atom is 0.330 e. The molecule has 10 heavy (non-hydrogen) atoms. The maximum absolute atomic E-state index is 10.2. The van der Waals surface area contributed by atoms with E-state index in [1.54, 1.807) is 0 Å². The summed E-state index contributed by atoms with van der Waals surface area (Å²) in [5.41, 5.74) is 0. The van der Waals surface area contributed by atoms with Crippen LogP contribution in [0.25, 0.3) is 0 Å². The highest BCUT2D eigenvalue weighted by Gasteiger charge is 2.07. The Labute approximate surface area is 60.0 Å². The number of azo groups is 1. The zero-order valence-corrected chi connectivity index (χ0v) is 6.40. The largest absolute Gasteiger partial charge is 0.480 e. The summed E-state index contributed by atoms with van der Waals surface area (Å²) in [5, 5.41) is 15.6. The number of carboxylic acids is 1. The molecule has 0 aliphatic carbocycles. The van der Waals surface area contributed by atoms with E-state index in [4.69, 9.17) is 5.11 Å². The first-order chi connectivity index (χ1) is 4.54. The summed E-state index contributed by atoms with van der Waals surface area (Å²) >= 11 is 0. The third-order valence-electron chi connectivity index (χ3n) is 0.828. The monoisotopic (exact) mass is 144 g/mol. The van der Waals surface area contributed by atoms with Crippen LogP contribution in [0.5, 0.6) is 0 Å². The van der Waals surface area contributed by atoms with E-state index in [2.05, 4.69) is 10.2 Å². The minimum atomic E-state index is -0.940. The van der Waals surface area contributed by atoms with Crippen molar-refractivity contribution < 1.29 is 9.90 Å². The first-order valence-electron chi connectivity index (χ1n) is 3.16. The van der Waals surface area contributed by atoms with E-state index in [0.717, 1.165) is 0 Å². The molecule has 0 radical (unpaired) electrons. The molecule has 0 fully saturated rings. The lowest BCUT2D eigenvalue weighted by Gasteiger charge is -1.97. The maximum atomic E-state index is 10.2. The van der Waals surface area contributed by atoms with Crippen LogP contribution in [0, 0.1) is 0 Å². The number of nitrogens with zero attached hydrogens (tertiary/aromatic N) is 2. The zero-order valence-electron chi connectivity index (χ0n) is 6.40. The van der Waals surface area contributed by atoms with Crippen LogP contribution in [-0.4, -0.2) is 23.2 Å². The van der Waals surface area contributed by atoms with Crippen molar-refractivity contribution in [3.8, 4) is 0 Å². The van der Waals surface area contributed by atoms with Gasteiger partial charge in [0.25, 0.3) is 0 Å². The molecule has 0 aromatic carbocycles. The van der Waals surface area contributed by atoms with Gasteiger partial charge in [0.1, 0.15) is 0 Å². The first kappa shape index (κ1) is 9.07. The van der Waals surface area contributed by atoms with Crippen molar-refractivity contribution in [1.29, 1.82) is 0 Å². The van der Waals surface area contributed by atoms with Gasteiger partial charge in [0, 0.05) is 0 Å². The Morgan fingerprint density at radius 2 is 1.80 bits per heavy atom. The highest BCUT2D eigenvalue weighted by atomic mass is 16.4. The number of carbonyl (C=O) groups is 1. The van der Waals surface area contributed by atoms with Crippen LogP contribution in [0.3, 0.4) is 0 Å². The second-order valence-corrected chi connectivity index (χ2v) is 2.34. The number of carboxylic acid groups (broad SMARTS) is 1. The number of rotatable bonds is 3. The molecule has 0 aliphatic heterocycles. The van der Waals surface area contributed by atoms with Crippen molar-refractivity contribution >= 4 is 5.97 Å². The molecule has 0 aromatic rings. The molecular formula is C6H12N2O2. The second kappa shape index (κ2) is 3.98. The lowest BCUT2D eigenvalue weighted by molar-refractivity contribution is -0.138. The quantitative estimate of drug-likeness (QED) is 0.607. The van der Waals surface area contributed by atoms with Gasteiger partial charge in [0.05, 0.1) is 6.04 Å². The summed E-state index contributed by atoms with van der Waals surface area (Å²) < 4.78 is 0. The average Bonchev–Trinajstić information content (AvgIpc) is 1.82. The molecule has 0 aromatic heterocycles. The standard InChI is InChI=1S/C6H12N2O2/c1-4(2)7-8-5(3)6(9)10/h4-5H,1-3H3,(H,9,10). The first-order valence-corrected chi connectivity index (χ1v) is 3.16. The van der Waals surface area contributed by atoms with Crippen molar-refractivity contribution in [3.63, 3.8) is 0 Å². The molecule has 0 aliphatic rings. The predicted octanol–water partition coefficient (Wildman–Crippen LogP) is 1.32. The minimum Gasteiger partial charge on any atom is -0.480 e. The van der Waals surface area contributed by atoms with Gasteiger partial charge in [-0.1, -0.05) is 0 Å². The molecule has 0 rings (SSSR count). The van der Waals surface area contributed by atoms with Gasteiger partial charge in [-0.3, -0.25) is 0 Å². The lowest BCUT2D eigenvalue weighted by atomic mass is 10.4. The van der Waals surface area contributed by atoms with E-state index >= 15 is 0 Å². The van der Waals surface area contributed by atoms with Crippen molar-refractivity contribution in [2.45, 2.75) is 32.9 Å². The summed E-state index contributed by atoms with van der Waals surface area (Å²) in [7, 11) is 0.